The van der Waals surface area contributed by atoms with Crippen LogP contribution in [0.2, 0.25) is 0 Å². The molecule has 0 bridgehead atoms. The largest absolute Gasteiger partial charge is 0.514 e. The highest BCUT2D eigenvalue weighted by Crippen LogP contribution is 2.35. The van der Waals surface area contributed by atoms with E-state index in [-0.39, 0.29) is 23.3 Å². The molecule has 0 saturated heterocycles. The number of halogens is 6. The zero-order chi connectivity index (χ0) is 35.8. The van der Waals surface area contributed by atoms with Crippen LogP contribution in [-0.4, -0.2) is 75.0 Å². The fourth-order valence-electron chi connectivity index (χ4n) is 2.93. The van der Waals surface area contributed by atoms with Crippen LogP contribution in [0.5, 0.6) is 5.75 Å². The molecule has 2 fully saturated rings. The van der Waals surface area contributed by atoms with Gasteiger partial charge in [0, 0.05) is 12.1 Å². The molecular weight excluding hydrogens is 644 g/mol. The number of nitrogens with one attached hydrogen (secondary N) is 1. The summed E-state index contributed by atoms with van der Waals surface area (Å²) in [6.45, 7) is 2.73. The number of hydrogen-bond donors (Lipinski definition) is 4. The predicted molar refractivity (Wildman–Crippen MR) is 143 cm³/mol. The molecular formula is C26H33F6N3O11. The first-order chi connectivity index (χ1) is 20.8. The number of amides is 1. The summed E-state index contributed by atoms with van der Waals surface area (Å²) < 4.78 is 87.6. The van der Waals surface area contributed by atoms with E-state index < -0.39 is 64.7 Å². The average Bonchev–Trinajstić information content (AvgIpc) is 3.79. The van der Waals surface area contributed by atoms with Crippen molar-refractivity contribution in [1.82, 2.24) is 5.32 Å². The third-order valence-corrected chi connectivity index (χ3v) is 6.35. The van der Waals surface area contributed by atoms with Crippen LogP contribution in [0, 0.1) is 22.0 Å². The molecule has 1 aromatic carbocycles. The number of nitrogens with zero attached hydrogens (tertiary/aromatic N) is 1. The van der Waals surface area contributed by atoms with Crippen LogP contribution < -0.4 is 15.8 Å². The van der Waals surface area contributed by atoms with Crippen molar-refractivity contribution in [2.75, 3.05) is 0 Å². The number of carbonyl (C=O) groups is 4. The smallest absolute Gasteiger partial charge is 0.480 e. The van der Waals surface area contributed by atoms with Crippen LogP contribution in [0.15, 0.2) is 24.3 Å². The minimum absolute atomic E-state index is 0.168. The van der Waals surface area contributed by atoms with E-state index in [0.717, 1.165) is 37.1 Å². The lowest BCUT2D eigenvalue weighted by Crippen LogP contribution is -2.49. The second-order valence-electron chi connectivity index (χ2n) is 11.1. The Kier molecular flexibility index (Phi) is 13.2. The van der Waals surface area contributed by atoms with E-state index in [1.165, 1.54) is 0 Å². The third kappa shape index (κ3) is 12.9. The topological polar surface area (TPSA) is 218 Å². The number of carbonyl (C=O) groups excluding carboxylic acids is 2. The molecule has 2 atom stereocenters. The molecule has 0 spiro atoms. The quantitative estimate of drug-likeness (QED) is 0.0874. The summed E-state index contributed by atoms with van der Waals surface area (Å²) >= 11 is 0. The van der Waals surface area contributed by atoms with E-state index in [1.54, 1.807) is 0 Å². The van der Waals surface area contributed by atoms with Gasteiger partial charge in [0.15, 0.2) is 0 Å². The van der Waals surface area contributed by atoms with Crippen LogP contribution in [-0.2, 0) is 19.1 Å². The monoisotopic (exact) mass is 677 g/mol. The molecule has 0 aliphatic heterocycles. The van der Waals surface area contributed by atoms with Gasteiger partial charge in [0.1, 0.15) is 17.8 Å². The van der Waals surface area contributed by atoms with Crippen molar-refractivity contribution >= 4 is 29.9 Å². The number of non-ortho nitro benzene ring substituents is 1. The highest BCUT2D eigenvalue weighted by molar-refractivity contribution is 5.80. The van der Waals surface area contributed by atoms with Gasteiger partial charge in [0.25, 0.3) is 5.69 Å². The zero-order valence-electron chi connectivity index (χ0n) is 24.8. The summed E-state index contributed by atoms with van der Waals surface area (Å²) in [6, 6.07) is 2.42. The highest BCUT2D eigenvalue weighted by atomic mass is 19.4. The number of ether oxygens (including phenoxy) is 3. The van der Waals surface area contributed by atoms with E-state index >= 15 is 0 Å². The predicted octanol–water partition coefficient (Wildman–Crippen LogP) is 5.18. The standard InChI is InChI=1S/C11H10F3NO5.C10H14F3NO4.C5H9NO2/c1-10(2,11(12,13)14)20-9(16)19-8-5-3-7(4-6-8)15(17)18;1-9(2,10(11,12)13)18-8(17)14-6(7(15)16)5-3-4-5;6-4(5(7)8)3-1-2-3/h3-6H,1-2H3;5-6H,3-4H2,1-2H3,(H,14,17)(H,15,16);3-4H,1-2,6H2,(H,7,8)/t;6-;4-/m.00/s1. The van der Waals surface area contributed by atoms with Crippen molar-refractivity contribution in [3.8, 4) is 5.75 Å². The number of alkyl halides is 6. The van der Waals surface area contributed by atoms with E-state index in [4.69, 9.17) is 15.9 Å². The molecule has 3 rings (SSSR count). The van der Waals surface area contributed by atoms with Gasteiger partial charge in [-0.3, -0.25) is 14.9 Å². The number of benzene rings is 1. The first kappa shape index (κ1) is 39.7. The Morgan fingerprint density at radius 1 is 0.848 bits per heavy atom. The van der Waals surface area contributed by atoms with E-state index in [1.807, 2.05) is 5.32 Å². The van der Waals surface area contributed by atoms with Crippen LogP contribution in [0.3, 0.4) is 0 Å². The lowest BCUT2D eigenvalue weighted by Gasteiger charge is -2.28. The molecule has 14 nitrogen and oxygen atoms in total. The van der Waals surface area contributed by atoms with E-state index in [9.17, 15) is 55.6 Å². The zero-order valence-corrected chi connectivity index (χ0v) is 24.8. The molecule has 0 radical (unpaired) electrons. The van der Waals surface area contributed by atoms with Crippen LogP contribution in [0.1, 0.15) is 53.4 Å². The van der Waals surface area contributed by atoms with Gasteiger partial charge in [-0.05, 0) is 77.3 Å². The summed E-state index contributed by atoms with van der Waals surface area (Å²) in [5, 5.41) is 29.4. The van der Waals surface area contributed by atoms with Crippen molar-refractivity contribution < 1.29 is 74.9 Å². The summed E-state index contributed by atoms with van der Waals surface area (Å²) in [5.74, 6) is -2.28. The first-order valence-corrected chi connectivity index (χ1v) is 13.3. The fraction of sp³-hybridized carbons (Fsp3) is 0.615. The summed E-state index contributed by atoms with van der Waals surface area (Å²) in [6.07, 6.45) is -9.16. The van der Waals surface area contributed by atoms with Crippen molar-refractivity contribution in [3.63, 3.8) is 0 Å². The number of carboxylic acids is 2. The number of hydrogen-bond acceptors (Lipinski definition) is 10. The van der Waals surface area contributed by atoms with Gasteiger partial charge >= 0.3 is 36.5 Å². The highest BCUT2D eigenvalue weighted by Gasteiger charge is 2.52. The molecule has 1 aromatic rings. The Bertz CT molecular complexity index is 1250. The Labute approximate surface area is 257 Å². The Morgan fingerprint density at radius 3 is 1.61 bits per heavy atom. The Balaban J connectivity index is 0.000000373. The molecule has 0 heterocycles. The van der Waals surface area contributed by atoms with Gasteiger partial charge in [0.05, 0.1) is 4.92 Å². The van der Waals surface area contributed by atoms with Crippen molar-refractivity contribution in [3.05, 3.63) is 34.4 Å². The normalized spacial score (nSPS) is 16.2. The maximum absolute atomic E-state index is 12.5. The second-order valence-corrected chi connectivity index (χ2v) is 11.1. The lowest BCUT2D eigenvalue weighted by atomic mass is 10.1. The number of rotatable bonds is 9. The summed E-state index contributed by atoms with van der Waals surface area (Å²) in [7, 11) is 0. The summed E-state index contributed by atoms with van der Waals surface area (Å²) in [4.78, 5) is 53.0. The third-order valence-electron chi connectivity index (χ3n) is 6.35. The van der Waals surface area contributed by atoms with Gasteiger partial charge in [-0.15, -0.1) is 0 Å². The first-order valence-electron chi connectivity index (χ1n) is 13.3. The Morgan fingerprint density at radius 2 is 1.28 bits per heavy atom. The number of nitrogens with two attached hydrogens (primary N) is 1. The average molecular weight is 678 g/mol. The SMILES string of the molecule is CC(C)(OC(=O)N[C@H](C(=O)O)C1CC1)C(F)(F)F.CC(C)(OC(=O)Oc1ccc([N+](=O)[O-])cc1)C(F)(F)F.N[C@H](C(=O)O)C1CC1. The second kappa shape index (κ2) is 15.3. The van der Waals surface area contributed by atoms with Crippen molar-refractivity contribution in [2.45, 2.75) is 89.0 Å². The van der Waals surface area contributed by atoms with Gasteiger partial charge in [0.2, 0.25) is 11.2 Å². The van der Waals surface area contributed by atoms with E-state index in [0.29, 0.717) is 40.5 Å². The molecule has 46 heavy (non-hydrogen) atoms. The van der Waals surface area contributed by atoms with Gasteiger partial charge in [-0.2, -0.15) is 26.3 Å². The molecule has 0 unspecified atom stereocenters. The number of nitro benzene ring substituents is 1. The van der Waals surface area contributed by atoms with Crippen molar-refractivity contribution in [2.24, 2.45) is 17.6 Å². The lowest BCUT2D eigenvalue weighted by molar-refractivity contribution is -0.384. The number of alkyl carbamates (subject to hydrolysis) is 1. The molecule has 2 aliphatic rings. The fourth-order valence-corrected chi connectivity index (χ4v) is 2.93. The number of nitro groups is 1. The molecule has 260 valence electrons. The van der Waals surface area contributed by atoms with Crippen molar-refractivity contribution in [1.29, 1.82) is 0 Å². The molecule has 1 amide bonds. The van der Waals surface area contributed by atoms with Crippen LogP contribution >= 0.6 is 0 Å². The molecule has 2 saturated carbocycles. The van der Waals surface area contributed by atoms with Gasteiger partial charge < -0.3 is 35.5 Å². The van der Waals surface area contributed by atoms with Crippen LogP contribution in [0.4, 0.5) is 41.6 Å². The molecule has 5 N–H and O–H groups in total. The molecule has 0 aromatic heterocycles. The minimum Gasteiger partial charge on any atom is -0.480 e. The molecule has 2 aliphatic carbocycles. The van der Waals surface area contributed by atoms with Crippen LogP contribution in [0.25, 0.3) is 0 Å². The summed E-state index contributed by atoms with van der Waals surface area (Å²) in [5.41, 5.74) is -0.393. The number of carboxylic acid groups (broad SMARTS) is 2. The van der Waals surface area contributed by atoms with Gasteiger partial charge in [-0.1, -0.05) is 0 Å². The van der Waals surface area contributed by atoms with E-state index in [2.05, 4.69) is 14.2 Å². The maximum atomic E-state index is 12.5. The minimum atomic E-state index is -4.75. The number of aliphatic carboxylic acids is 2. The maximum Gasteiger partial charge on any atom is 0.514 e. The van der Waals surface area contributed by atoms with Gasteiger partial charge in [-0.25, -0.2) is 14.4 Å². The Hall–Kier alpha value is -4.36. The molecule has 20 heteroatoms.